The van der Waals surface area contributed by atoms with E-state index in [2.05, 4.69) is 25.2 Å². The van der Waals surface area contributed by atoms with Crippen molar-refractivity contribution in [2.45, 2.75) is 58.8 Å². The summed E-state index contributed by atoms with van der Waals surface area (Å²) in [5.41, 5.74) is 5.88. The van der Waals surface area contributed by atoms with E-state index in [1.807, 2.05) is 62.4 Å². The Morgan fingerprint density at radius 1 is 1.06 bits per heavy atom. The number of halogens is 1. The quantitative estimate of drug-likeness (QED) is 0.280. The molecule has 0 aliphatic rings. The summed E-state index contributed by atoms with van der Waals surface area (Å²) >= 11 is 6.27. The van der Waals surface area contributed by atoms with Gasteiger partial charge in [0, 0.05) is 17.1 Å². The van der Waals surface area contributed by atoms with Crippen molar-refractivity contribution >= 4 is 17.6 Å². The number of hydrogen-bond donors (Lipinski definition) is 3. The molecule has 192 valence electrons. The molecule has 0 saturated heterocycles. The molecule has 3 N–H and O–H groups in total. The molecule has 36 heavy (non-hydrogen) atoms. The van der Waals surface area contributed by atoms with Gasteiger partial charge in [0.1, 0.15) is 0 Å². The molecular weight excluding hydrogens is 474 g/mol. The second kappa shape index (κ2) is 12.0. The van der Waals surface area contributed by atoms with E-state index in [4.69, 9.17) is 16.3 Å². The zero-order chi connectivity index (χ0) is 26.5. The molecule has 0 aliphatic heterocycles. The van der Waals surface area contributed by atoms with E-state index in [0.29, 0.717) is 17.7 Å². The minimum absolute atomic E-state index is 0.186. The summed E-state index contributed by atoms with van der Waals surface area (Å²) in [6.45, 7) is 10.5. The largest absolute Gasteiger partial charge is 0.478 e. The Kier molecular flexibility index (Phi) is 9.31. The summed E-state index contributed by atoms with van der Waals surface area (Å²) < 4.78 is 6.06. The Morgan fingerprint density at radius 3 is 2.44 bits per heavy atom. The zero-order valence-corrected chi connectivity index (χ0v) is 22.4. The van der Waals surface area contributed by atoms with Gasteiger partial charge in [-0.25, -0.2) is 4.79 Å². The van der Waals surface area contributed by atoms with Gasteiger partial charge in [0.25, 0.3) is 0 Å². The summed E-state index contributed by atoms with van der Waals surface area (Å²) in [4.78, 5) is 11.4. The lowest BCUT2D eigenvalue weighted by atomic mass is 9.94. The Labute approximate surface area is 219 Å². The number of rotatable bonds is 11. The van der Waals surface area contributed by atoms with Gasteiger partial charge in [-0.1, -0.05) is 60.1 Å². The summed E-state index contributed by atoms with van der Waals surface area (Å²) in [7, 11) is 0. The first kappa shape index (κ1) is 27.9. The van der Waals surface area contributed by atoms with Gasteiger partial charge in [0.05, 0.1) is 24.4 Å². The van der Waals surface area contributed by atoms with Crippen LogP contribution in [-0.4, -0.2) is 41.0 Å². The molecular formula is C30H36ClNO4. The molecule has 5 nitrogen and oxygen atoms in total. The van der Waals surface area contributed by atoms with E-state index < -0.39 is 12.1 Å². The van der Waals surface area contributed by atoms with Crippen LogP contribution in [0.15, 0.2) is 60.7 Å². The zero-order valence-electron chi connectivity index (χ0n) is 21.6. The predicted octanol–water partition coefficient (Wildman–Crippen LogP) is 6.37. The third kappa shape index (κ3) is 7.40. The SMILES string of the molecule is Cc1ccc(CC(C)(C)NCC(O)COC(C)c2ccccc2-c2ccc(C(=O)O)c(C)c2)cc1Cl. The average molecular weight is 510 g/mol. The molecule has 3 aromatic carbocycles. The molecule has 0 aromatic heterocycles. The molecule has 2 atom stereocenters. The van der Waals surface area contributed by atoms with Crippen LogP contribution in [0, 0.1) is 13.8 Å². The fraction of sp³-hybridized carbons (Fsp3) is 0.367. The van der Waals surface area contributed by atoms with Crippen LogP contribution in [0.5, 0.6) is 0 Å². The first-order valence-corrected chi connectivity index (χ1v) is 12.6. The normalized spacial score (nSPS) is 13.4. The maximum absolute atomic E-state index is 11.4. The topological polar surface area (TPSA) is 78.8 Å². The van der Waals surface area contributed by atoms with Crippen molar-refractivity contribution in [1.29, 1.82) is 0 Å². The van der Waals surface area contributed by atoms with Crippen LogP contribution in [0.1, 0.15) is 59.5 Å². The van der Waals surface area contributed by atoms with Crippen molar-refractivity contribution in [2.75, 3.05) is 13.2 Å². The molecule has 6 heteroatoms. The van der Waals surface area contributed by atoms with Gasteiger partial charge in [-0.3, -0.25) is 0 Å². The van der Waals surface area contributed by atoms with Gasteiger partial charge in [-0.05, 0) is 86.6 Å². The Balaban J connectivity index is 1.59. The van der Waals surface area contributed by atoms with Crippen molar-refractivity contribution in [2.24, 2.45) is 0 Å². The maximum Gasteiger partial charge on any atom is 0.335 e. The molecule has 0 amide bonds. The van der Waals surface area contributed by atoms with E-state index in [0.717, 1.165) is 39.3 Å². The Bertz CT molecular complexity index is 1210. The van der Waals surface area contributed by atoms with Gasteiger partial charge in [0.15, 0.2) is 0 Å². The molecule has 0 radical (unpaired) electrons. The number of carboxylic acid groups (broad SMARTS) is 1. The predicted molar refractivity (Wildman–Crippen MR) is 146 cm³/mol. The van der Waals surface area contributed by atoms with E-state index >= 15 is 0 Å². The number of carboxylic acids is 1. The van der Waals surface area contributed by atoms with Gasteiger partial charge >= 0.3 is 5.97 Å². The number of nitrogens with one attached hydrogen (secondary N) is 1. The Hall–Kier alpha value is -2.70. The second-order valence-electron chi connectivity index (χ2n) is 10.1. The lowest BCUT2D eigenvalue weighted by Gasteiger charge is -2.28. The summed E-state index contributed by atoms with van der Waals surface area (Å²) in [5, 5.41) is 24.1. The molecule has 2 unspecified atom stereocenters. The van der Waals surface area contributed by atoms with Crippen molar-refractivity contribution in [3.05, 3.63) is 93.5 Å². The molecule has 0 bridgehead atoms. The van der Waals surface area contributed by atoms with Gasteiger partial charge in [-0.15, -0.1) is 0 Å². The van der Waals surface area contributed by atoms with E-state index in [1.165, 1.54) is 0 Å². The number of benzene rings is 3. The van der Waals surface area contributed by atoms with Gasteiger partial charge in [-0.2, -0.15) is 0 Å². The van der Waals surface area contributed by atoms with Crippen molar-refractivity contribution < 1.29 is 19.7 Å². The first-order valence-electron chi connectivity index (χ1n) is 12.2. The summed E-state index contributed by atoms with van der Waals surface area (Å²) in [5.74, 6) is -0.933. The molecule has 0 fully saturated rings. The number of β-amino-alcohol motifs (C(OH)–C–C–N with tert-alkyl or cyclic N) is 1. The summed E-state index contributed by atoms with van der Waals surface area (Å²) in [6.07, 6.45) is -0.139. The van der Waals surface area contributed by atoms with Gasteiger partial charge in [0.2, 0.25) is 0 Å². The van der Waals surface area contributed by atoms with Crippen LogP contribution >= 0.6 is 11.6 Å². The van der Waals surface area contributed by atoms with Crippen LogP contribution in [0.3, 0.4) is 0 Å². The highest BCUT2D eigenvalue weighted by Crippen LogP contribution is 2.31. The number of ether oxygens (including phenoxy) is 1. The fourth-order valence-corrected chi connectivity index (χ4v) is 4.51. The number of carbonyl (C=O) groups is 1. The highest BCUT2D eigenvalue weighted by atomic mass is 35.5. The van der Waals surface area contributed by atoms with Crippen molar-refractivity contribution in [3.8, 4) is 11.1 Å². The first-order chi connectivity index (χ1) is 17.0. The van der Waals surface area contributed by atoms with Crippen molar-refractivity contribution in [3.63, 3.8) is 0 Å². The third-order valence-corrected chi connectivity index (χ3v) is 6.81. The van der Waals surface area contributed by atoms with Crippen LogP contribution in [0.2, 0.25) is 5.02 Å². The molecule has 3 rings (SSSR count). The highest BCUT2D eigenvalue weighted by molar-refractivity contribution is 6.31. The fourth-order valence-electron chi connectivity index (χ4n) is 4.30. The van der Waals surface area contributed by atoms with Crippen LogP contribution in [0.4, 0.5) is 0 Å². The lowest BCUT2D eigenvalue weighted by Crippen LogP contribution is -2.46. The summed E-state index contributed by atoms with van der Waals surface area (Å²) in [6, 6.07) is 19.4. The Morgan fingerprint density at radius 2 is 1.78 bits per heavy atom. The number of hydrogen-bond acceptors (Lipinski definition) is 4. The maximum atomic E-state index is 11.4. The standard InChI is InChI=1S/C30H36ClNO4/c1-19-10-11-22(15-28(19)31)16-30(4,5)32-17-24(33)18-36-21(3)26-8-6-7-9-27(26)23-12-13-25(29(34)35)20(2)14-23/h6-15,21,24,32-33H,16-18H2,1-5H3,(H,34,35). The average Bonchev–Trinajstić information content (AvgIpc) is 2.83. The third-order valence-electron chi connectivity index (χ3n) is 6.40. The second-order valence-corrected chi connectivity index (χ2v) is 10.5. The number of aliphatic hydroxyl groups excluding tert-OH is 1. The minimum atomic E-state index is -0.933. The lowest BCUT2D eigenvalue weighted by molar-refractivity contribution is -0.00397. The molecule has 0 spiro atoms. The molecule has 0 saturated carbocycles. The van der Waals surface area contributed by atoms with E-state index in [-0.39, 0.29) is 18.2 Å². The van der Waals surface area contributed by atoms with E-state index in [1.54, 1.807) is 13.0 Å². The molecule has 3 aromatic rings. The minimum Gasteiger partial charge on any atom is -0.478 e. The highest BCUT2D eigenvalue weighted by Gasteiger charge is 2.21. The number of aliphatic hydroxyl groups is 1. The molecule has 0 heterocycles. The van der Waals surface area contributed by atoms with Crippen molar-refractivity contribution in [1.82, 2.24) is 5.32 Å². The monoisotopic (exact) mass is 509 g/mol. The smallest absolute Gasteiger partial charge is 0.335 e. The van der Waals surface area contributed by atoms with E-state index in [9.17, 15) is 15.0 Å². The van der Waals surface area contributed by atoms with Crippen LogP contribution < -0.4 is 5.32 Å². The number of aromatic carboxylic acids is 1. The van der Waals surface area contributed by atoms with Crippen LogP contribution in [-0.2, 0) is 11.2 Å². The molecule has 0 aliphatic carbocycles. The number of aryl methyl sites for hydroxylation is 2. The van der Waals surface area contributed by atoms with Gasteiger partial charge < -0.3 is 20.3 Å². The van der Waals surface area contributed by atoms with Crippen LogP contribution in [0.25, 0.3) is 11.1 Å².